The van der Waals surface area contributed by atoms with E-state index in [0.717, 1.165) is 28.0 Å². The van der Waals surface area contributed by atoms with Gasteiger partial charge in [-0.3, -0.25) is 4.79 Å². The predicted molar refractivity (Wildman–Crippen MR) is 101 cm³/mol. The lowest BCUT2D eigenvalue weighted by Gasteiger charge is -2.09. The Hall–Kier alpha value is -3.74. The summed E-state index contributed by atoms with van der Waals surface area (Å²) in [5.41, 5.74) is 5.13. The van der Waals surface area contributed by atoms with Gasteiger partial charge in [0.05, 0.1) is 23.1 Å². The van der Waals surface area contributed by atoms with Crippen molar-refractivity contribution in [2.24, 2.45) is 0 Å². The number of amides is 1. The van der Waals surface area contributed by atoms with Gasteiger partial charge in [0, 0.05) is 30.1 Å². The molecule has 0 radical (unpaired) electrons. The number of hydrogen-bond acceptors (Lipinski definition) is 5. The second-order valence-electron chi connectivity index (χ2n) is 5.79. The van der Waals surface area contributed by atoms with E-state index >= 15 is 0 Å². The number of rotatable bonds is 4. The van der Waals surface area contributed by atoms with Crippen LogP contribution in [0.3, 0.4) is 0 Å². The van der Waals surface area contributed by atoms with E-state index in [1.165, 1.54) is 6.92 Å². The van der Waals surface area contributed by atoms with E-state index in [4.69, 9.17) is 0 Å². The highest BCUT2D eigenvalue weighted by Gasteiger charge is 2.06. The van der Waals surface area contributed by atoms with Crippen LogP contribution >= 0.6 is 0 Å². The summed E-state index contributed by atoms with van der Waals surface area (Å²) in [6, 6.07) is 15.2. The molecule has 3 N–H and O–H groups in total. The molecule has 7 heteroatoms. The lowest BCUT2D eigenvalue weighted by Crippen LogP contribution is -2.06. The van der Waals surface area contributed by atoms with Crippen molar-refractivity contribution in [2.45, 2.75) is 6.92 Å². The first kappa shape index (κ1) is 15.8. The normalized spacial score (nSPS) is 10.7. The number of aromatic nitrogens is 4. The molecule has 1 amide bonds. The van der Waals surface area contributed by atoms with Gasteiger partial charge in [-0.2, -0.15) is 0 Å². The molecule has 7 nitrogen and oxygen atoms in total. The number of nitrogens with one attached hydrogen (secondary N) is 3. The average Bonchev–Trinajstić information content (AvgIpc) is 3.09. The number of nitrogens with zero attached hydrogens (tertiary/aromatic N) is 3. The molecule has 0 atom stereocenters. The standard InChI is InChI=1S/C19H16N6O/c1-12(26)23-14-3-2-4-15(10-14)24-19-20-8-7-16(25-19)13-5-6-17-18(9-13)22-11-21-17/h2-11H,1H3,(H,21,22)(H,23,26)(H,20,24,25). The average molecular weight is 344 g/mol. The third-order valence-corrected chi connectivity index (χ3v) is 3.81. The summed E-state index contributed by atoms with van der Waals surface area (Å²) in [5.74, 6) is 0.360. The van der Waals surface area contributed by atoms with E-state index in [1.807, 2.05) is 48.5 Å². The van der Waals surface area contributed by atoms with Crippen LogP contribution in [0.2, 0.25) is 0 Å². The number of hydrogen-bond donors (Lipinski definition) is 3. The van der Waals surface area contributed by atoms with Crippen LogP contribution in [0.5, 0.6) is 0 Å². The molecule has 26 heavy (non-hydrogen) atoms. The summed E-state index contributed by atoms with van der Waals surface area (Å²) in [7, 11) is 0. The van der Waals surface area contributed by atoms with Crippen LogP contribution in [0.25, 0.3) is 22.3 Å². The summed E-state index contributed by atoms with van der Waals surface area (Å²) < 4.78 is 0. The fourth-order valence-electron chi connectivity index (χ4n) is 2.68. The fraction of sp³-hybridized carbons (Fsp3) is 0.0526. The molecule has 0 saturated heterocycles. The highest BCUT2D eigenvalue weighted by atomic mass is 16.1. The monoisotopic (exact) mass is 344 g/mol. The summed E-state index contributed by atoms with van der Waals surface area (Å²) in [6.07, 6.45) is 3.38. The highest BCUT2D eigenvalue weighted by Crippen LogP contribution is 2.23. The third-order valence-electron chi connectivity index (χ3n) is 3.81. The van der Waals surface area contributed by atoms with Gasteiger partial charge in [-0.25, -0.2) is 15.0 Å². The van der Waals surface area contributed by atoms with Gasteiger partial charge < -0.3 is 15.6 Å². The van der Waals surface area contributed by atoms with Crippen molar-refractivity contribution in [3.8, 4) is 11.3 Å². The molecule has 4 rings (SSSR count). The van der Waals surface area contributed by atoms with E-state index in [-0.39, 0.29) is 5.91 Å². The molecule has 0 fully saturated rings. The zero-order chi connectivity index (χ0) is 17.9. The van der Waals surface area contributed by atoms with E-state index in [9.17, 15) is 4.79 Å². The molecule has 2 aromatic heterocycles. The zero-order valence-electron chi connectivity index (χ0n) is 14.0. The Kier molecular flexibility index (Phi) is 4.03. The topological polar surface area (TPSA) is 95.6 Å². The number of anilines is 3. The maximum absolute atomic E-state index is 11.2. The third kappa shape index (κ3) is 3.36. The van der Waals surface area contributed by atoms with E-state index < -0.39 is 0 Å². The summed E-state index contributed by atoms with van der Waals surface area (Å²) >= 11 is 0. The molecular weight excluding hydrogens is 328 g/mol. The summed E-state index contributed by atoms with van der Waals surface area (Å²) in [4.78, 5) is 27.4. The maximum atomic E-state index is 11.2. The van der Waals surface area contributed by atoms with Crippen LogP contribution in [-0.4, -0.2) is 25.8 Å². The highest BCUT2D eigenvalue weighted by molar-refractivity contribution is 5.89. The maximum Gasteiger partial charge on any atom is 0.227 e. The van der Waals surface area contributed by atoms with Gasteiger partial charge in [0.25, 0.3) is 0 Å². The van der Waals surface area contributed by atoms with Gasteiger partial charge in [0.15, 0.2) is 0 Å². The van der Waals surface area contributed by atoms with Crippen molar-refractivity contribution in [3.05, 3.63) is 61.1 Å². The number of aromatic amines is 1. The smallest absolute Gasteiger partial charge is 0.227 e. The number of benzene rings is 2. The van der Waals surface area contributed by atoms with Crippen molar-refractivity contribution in [2.75, 3.05) is 10.6 Å². The fourth-order valence-corrected chi connectivity index (χ4v) is 2.68. The number of H-pyrrole nitrogens is 1. The number of imidazole rings is 1. The number of carbonyl (C=O) groups excluding carboxylic acids is 1. The van der Waals surface area contributed by atoms with Gasteiger partial charge in [-0.1, -0.05) is 12.1 Å². The molecular formula is C19H16N6O. The Labute approximate surface area is 149 Å². The lowest BCUT2D eigenvalue weighted by atomic mass is 10.1. The molecule has 128 valence electrons. The van der Waals surface area contributed by atoms with Crippen LogP contribution in [-0.2, 0) is 4.79 Å². The van der Waals surface area contributed by atoms with Gasteiger partial charge in [0.1, 0.15) is 0 Å². The van der Waals surface area contributed by atoms with Crippen molar-refractivity contribution in [1.29, 1.82) is 0 Å². The van der Waals surface area contributed by atoms with Crippen LogP contribution in [0.1, 0.15) is 6.92 Å². The first-order chi connectivity index (χ1) is 12.7. The first-order valence-corrected chi connectivity index (χ1v) is 8.09. The van der Waals surface area contributed by atoms with Crippen molar-refractivity contribution < 1.29 is 4.79 Å². The van der Waals surface area contributed by atoms with Crippen molar-refractivity contribution >= 4 is 34.3 Å². The number of fused-ring (bicyclic) bond motifs is 1. The molecule has 0 bridgehead atoms. The molecule has 0 aliphatic carbocycles. The molecule has 2 aromatic carbocycles. The Morgan fingerprint density at radius 1 is 1.04 bits per heavy atom. The van der Waals surface area contributed by atoms with E-state index in [0.29, 0.717) is 11.6 Å². The zero-order valence-corrected chi connectivity index (χ0v) is 14.0. The molecule has 0 unspecified atom stereocenters. The predicted octanol–water partition coefficient (Wildman–Crippen LogP) is 3.72. The number of carbonyl (C=O) groups is 1. The quantitative estimate of drug-likeness (QED) is 0.524. The van der Waals surface area contributed by atoms with Gasteiger partial charge in [0.2, 0.25) is 11.9 Å². The van der Waals surface area contributed by atoms with Crippen molar-refractivity contribution in [1.82, 2.24) is 19.9 Å². The second-order valence-corrected chi connectivity index (χ2v) is 5.79. The minimum absolute atomic E-state index is 0.117. The summed E-state index contributed by atoms with van der Waals surface area (Å²) in [6.45, 7) is 1.48. The van der Waals surface area contributed by atoms with Crippen LogP contribution in [0, 0.1) is 0 Å². The van der Waals surface area contributed by atoms with Gasteiger partial charge in [-0.15, -0.1) is 0 Å². The molecule has 0 aliphatic heterocycles. The Balaban J connectivity index is 1.60. The van der Waals surface area contributed by atoms with Crippen LogP contribution in [0.4, 0.5) is 17.3 Å². The van der Waals surface area contributed by atoms with Crippen LogP contribution in [0.15, 0.2) is 61.1 Å². The second kappa shape index (κ2) is 6.64. The van der Waals surface area contributed by atoms with Gasteiger partial charge in [-0.05, 0) is 36.4 Å². The van der Waals surface area contributed by atoms with Gasteiger partial charge >= 0.3 is 0 Å². The Bertz CT molecular complexity index is 1090. The molecule has 4 aromatic rings. The molecule has 2 heterocycles. The molecule has 0 aliphatic rings. The van der Waals surface area contributed by atoms with Crippen molar-refractivity contribution in [3.63, 3.8) is 0 Å². The van der Waals surface area contributed by atoms with Crippen LogP contribution < -0.4 is 10.6 Å². The molecule has 0 saturated carbocycles. The lowest BCUT2D eigenvalue weighted by molar-refractivity contribution is -0.114. The Morgan fingerprint density at radius 3 is 2.81 bits per heavy atom. The molecule has 0 spiro atoms. The van der Waals surface area contributed by atoms with E-state index in [1.54, 1.807) is 12.5 Å². The largest absolute Gasteiger partial charge is 0.345 e. The first-order valence-electron chi connectivity index (χ1n) is 8.09. The Morgan fingerprint density at radius 2 is 1.92 bits per heavy atom. The minimum atomic E-state index is -0.117. The minimum Gasteiger partial charge on any atom is -0.345 e. The summed E-state index contributed by atoms with van der Waals surface area (Å²) in [5, 5.41) is 5.92. The SMILES string of the molecule is CC(=O)Nc1cccc(Nc2nccc(-c3ccc4[nH]cnc4c3)n2)c1. The van der Waals surface area contributed by atoms with E-state index in [2.05, 4.69) is 30.6 Å².